The molecule has 0 saturated carbocycles. The van der Waals surface area contributed by atoms with Gasteiger partial charge in [-0.25, -0.2) is 12.8 Å². The summed E-state index contributed by atoms with van der Waals surface area (Å²) < 4.78 is 40.1. The van der Waals surface area contributed by atoms with Crippen molar-refractivity contribution in [2.24, 2.45) is 5.92 Å². The summed E-state index contributed by atoms with van der Waals surface area (Å²) in [6, 6.07) is 3.66. The molecule has 0 spiro atoms. The van der Waals surface area contributed by atoms with Crippen LogP contribution in [0.1, 0.15) is 26.7 Å². The molecule has 0 aliphatic carbocycles. The highest BCUT2D eigenvalue weighted by Gasteiger charge is 2.34. The Bertz CT molecular complexity index is 576. The molecule has 0 N–H and O–H groups in total. The fraction of sp³-hybridized carbons (Fsp3) is 0.538. The molecule has 1 aliphatic heterocycles. The zero-order valence-corrected chi connectivity index (χ0v) is 13.3. The van der Waals surface area contributed by atoms with E-state index < -0.39 is 15.8 Å². The quantitative estimate of drug-likeness (QED) is 0.820. The van der Waals surface area contributed by atoms with Crippen LogP contribution in [-0.2, 0) is 10.0 Å². The van der Waals surface area contributed by atoms with Crippen LogP contribution in [-0.4, -0.2) is 25.3 Å². The number of rotatable bonds is 2. The molecule has 106 valence electrons. The van der Waals surface area contributed by atoms with Crippen molar-refractivity contribution in [3.63, 3.8) is 0 Å². The SMILES string of the molecule is CC1CCN(S(=O)(=O)c2ccc(F)cc2Br)C(C)C1. The van der Waals surface area contributed by atoms with Crippen molar-refractivity contribution in [3.8, 4) is 0 Å². The van der Waals surface area contributed by atoms with Gasteiger partial charge in [0.25, 0.3) is 0 Å². The summed E-state index contributed by atoms with van der Waals surface area (Å²) in [5.74, 6) is 0.0873. The molecule has 1 saturated heterocycles. The Morgan fingerprint density at radius 1 is 1.37 bits per heavy atom. The van der Waals surface area contributed by atoms with Gasteiger partial charge >= 0.3 is 0 Å². The van der Waals surface area contributed by atoms with Crippen LogP contribution in [0.4, 0.5) is 4.39 Å². The van der Waals surface area contributed by atoms with Gasteiger partial charge in [-0.3, -0.25) is 0 Å². The Kier molecular flexibility index (Phi) is 4.32. The lowest BCUT2D eigenvalue weighted by atomic mass is 9.95. The Morgan fingerprint density at radius 2 is 2.05 bits per heavy atom. The van der Waals surface area contributed by atoms with E-state index in [-0.39, 0.29) is 15.4 Å². The van der Waals surface area contributed by atoms with E-state index in [1.807, 2.05) is 6.92 Å². The lowest BCUT2D eigenvalue weighted by Crippen LogP contribution is -2.44. The Balaban J connectivity index is 2.37. The van der Waals surface area contributed by atoms with Crippen molar-refractivity contribution < 1.29 is 12.8 Å². The largest absolute Gasteiger partial charge is 0.244 e. The van der Waals surface area contributed by atoms with Gasteiger partial charge in [0.05, 0.1) is 4.90 Å². The van der Waals surface area contributed by atoms with Crippen molar-refractivity contribution in [2.75, 3.05) is 6.54 Å². The maximum absolute atomic E-state index is 13.1. The number of halogens is 2. The molecule has 1 aromatic rings. The molecule has 1 aromatic carbocycles. The second-order valence-electron chi connectivity index (χ2n) is 5.17. The molecule has 1 aliphatic rings. The summed E-state index contributed by atoms with van der Waals surface area (Å²) in [7, 11) is -3.56. The number of benzene rings is 1. The highest BCUT2D eigenvalue weighted by atomic mass is 79.9. The Hall–Kier alpha value is -0.460. The van der Waals surface area contributed by atoms with Gasteiger partial charge in [-0.2, -0.15) is 4.31 Å². The van der Waals surface area contributed by atoms with Gasteiger partial charge in [-0.05, 0) is 59.8 Å². The van der Waals surface area contributed by atoms with Crippen molar-refractivity contribution in [1.82, 2.24) is 4.31 Å². The van der Waals surface area contributed by atoms with E-state index in [0.717, 1.165) is 12.8 Å². The average molecular weight is 350 g/mol. The normalized spacial score (nSPS) is 25.5. The number of piperidine rings is 1. The first-order valence-electron chi connectivity index (χ1n) is 6.29. The van der Waals surface area contributed by atoms with E-state index in [2.05, 4.69) is 22.9 Å². The third-order valence-corrected chi connectivity index (χ3v) is 6.55. The summed E-state index contributed by atoms with van der Waals surface area (Å²) in [5.41, 5.74) is 0. The van der Waals surface area contributed by atoms with Crippen LogP contribution in [0.5, 0.6) is 0 Å². The monoisotopic (exact) mass is 349 g/mol. The third kappa shape index (κ3) is 3.01. The van der Waals surface area contributed by atoms with Crippen molar-refractivity contribution in [3.05, 3.63) is 28.5 Å². The van der Waals surface area contributed by atoms with Gasteiger partial charge in [0, 0.05) is 17.1 Å². The van der Waals surface area contributed by atoms with Crippen LogP contribution in [0.3, 0.4) is 0 Å². The number of nitrogens with zero attached hydrogens (tertiary/aromatic N) is 1. The first kappa shape index (κ1) is 14.9. The van der Waals surface area contributed by atoms with E-state index in [4.69, 9.17) is 0 Å². The van der Waals surface area contributed by atoms with Gasteiger partial charge in [-0.1, -0.05) is 6.92 Å². The predicted molar refractivity (Wildman–Crippen MR) is 75.9 cm³/mol. The standard InChI is InChI=1S/C13H17BrFNO2S/c1-9-5-6-16(10(2)7-9)19(17,18)13-4-3-11(15)8-12(13)14/h3-4,8-10H,5-7H2,1-2H3. The molecule has 1 fully saturated rings. The Morgan fingerprint density at radius 3 is 2.63 bits per heavy atom. The number of hydrogen-bond acceptors (Lipinski definition) is 2. The molecule has 19 heavy (non-hydrogen) atoms. The zero-order valence-electron chi connectivity index (χ0n) is 10.9. The smallest absolute Gasteiger partial charge is 0.207 e. The van der Waals surface area contributed by atoms with Crippen molar-refractivity contribution in [1.29, 1.82) is 0 Å². The summed E-state index contributed by atoms with van der Waals surface area (Å²) in [5, 5.41) is 0. The molecule has 0 bridgehead atoms. The molecule has 0 amide bonds. The molecule has 3 nitrogen and oxygen atoms in total. The van der Waals surface area contributed by atoms with Crippen LogP contribution in [0.2, 0.25) is 0 Å². The lowest BCUT2D eigenvalue weighted by molar-refractivity contribution is 0.220. The van der Waals surface area contributed by atoms with E-state index in [1.54, 1.807) is 0 Å². The molecular weight excluding hydrogens is 333 g/mol. The predicted octanol–water partition coefficient (Wildman–Crippen LogP) is 3.40. The van der Waals surface area contributed by atoms with Crippen LogP contribution in [0, 0.1) is 11.7 Å². The molecule has 2 atom stereocenters. The maximum atomic E-state index is 13.1. The van der Waals surface area contributed by atoms with E-state index in [0.29, 0.717) is 12.5 Å². The minimum atomic E-state index is -3.56. The highest BCUT2D eigenvalue weighted by Crippen LogP contribution is 2.31. The minimum absolute atomic E-state index is 0.0225. The molecule has 1 heterocycles. The molecular formula is C13H17BrFNO2S. The van der Waals surface area contributed by atoms with Crippen molar-refractivity contribution in [2.45, 2.75) is 37.6 Å². The van der Waals surface area contributed by atoms with Crippen LogP contribution in [0.25, 0.3) is 0 Å². The molecule has 0 radical (unpaired) electrons. The van der Waals surface area contributed by atoms with Crippen LogP contribution >= 0.6 is 15.9 Å². The lowest BCUT2D eigenvalue weighted by Gasteiger charge is -2.35. The molecule has 2 rings (SSSR count). The second-order valence-corrected chi connectivity index (χ2v) is 7.88. The minimum Gasteiger partial charge on any atom is -0.207 e. The zero-order chi connectivity index (χ0) is 14.2. The number of sulfonamides is 1. The number of hydrogen-bond donors (Lipinski definition) is 0. The summed E-state index contributed by atoms with van der Waals surface area (Å²) in [6.45, 7) is 4.58. The van der Waals surface area contributed by atoms with Gasteiger partial charge in [0.15, 0.2) is 0 Å². The van der Waals surface area contributed by atoms with E-state index >= 15 is 0 Å². The van der Waals surface area contributed by atoms with Crippen LogP contribution in [0.15, 0.2) is 27.6 Å². The topological polar surface area (TPSA) is 37.4 Å². The first-order valence-corrected chi connectivity index (χ1v) is 8.52. The van der Waals surface area contributed by atoms with Gasteiger partial charge in [0.1, 0.15) is 5.82 Å². The first-order chi connectivity index (χ1) is 8.82. The van der Waals surface area contributed by atoms with Crippen molar-refractivity contribution >= 4 is 26.0 Å². The molecule has 0 aromatic heterocycles. The average Bonchev–Trinajstić information content (AvgIpc) is 2.27. The molecule has 2 unspecified atom stereocenters. The Labute approximate surface area is 122 Å². The van der Waals surface area contributed by atoms with Crippen LogP contribution < -0.4 is 0 Å². The third-order valence-electron chi connectivity index (χ3n) is 3.56. The van der Waals surface area contributed by atoms with Gasteiger partial charge in [0.2, 0.25) is 10.0 Å². The fourth-order valence-corrected chi connectivity index (χ4v) is 5.22. The van der Waals surface area contributed by atoms with Gasteiger partial charge < -0.3 is 0 Å². The van der Waals surface area contributed by atoms with E-state index in [9.17, 15) is 12.8 Å². The van der Waals surface area contributed by atoms with Gasteiger partial charge in [-0.15, -0.1) is 0 Å². The summed E-state index contributed by atoms with van der Waals surface area (Å²) in [4.78, 5) is 0.135. The second kappa shape index (κ2) is 5.50. The highest BCUT2D eigenvalue weighted by molar-refractivity contribution is 9.10. The summed E-state index contributed by atoms with van der Waals surface area (Å²) in [6.07, 6.45) is 1.72. The fourth-order valence-electron chi connectivity index (χ4n) is 2.55. The maximum Gasteiger partial charge on any atom is 0.244 e. The summed E-state index contributed by atoms with van der Waals surface area (Å²) >= 11 is 3.14. The molecule has 6 heteroatoms. The van der Waals surface area contributed by atoms with E-state index in [1.165, 1.54) is 22.5 Å².